The number of hydrogen-bond acceptors (Lipinski definition) is 1. The van der Waals surface area contributed by atoms with Crippen molar-refractivity contribution in [3.05, 3.63) is 34.6 Å². The highest BCUT2D eigenvalue weighted by Crippen LogP contribution is 2.35. The van der Waals surface area contributed by atoms with E-state index in [0.29, 0.717) is 0 Å². The first-order valence-corrected chi connectivity index (χ1v) is 4.06. The van der Waals surface area contributed by atoms with Crippen LogP contribution in [0.2, 0.25) is 0 Å². The highest BCUT2D eigenvalue weighted by Gasteiger charge is 2.37. The second kappa shape index (κ2) is 4.27. The van der Waals surface area contributed by atoms with Gasteiger partial charge in [-0.3, -0.25) is 0 Å². The van der Waals surface area contributed by atoms with Gasteiger partial charge in [-0.15, -0.1) is 0 Å². The molecule has 94 valence electrons. The molecule has 1 N–H and O–H groups in total. The van der Waals surface area contributed by atoms with Crippen molar-refractivity contribution in [2.24, 2.45) is 0 Å². The van der Waals surface area contributed by atoms with Crippen LogP contribution in [0.3, 0.4) is 0 Å². The van der Waals surface area contributed by atoms with Crippen molar-refractivity contribution in [1.82, 2.24) is 0 Å². The van der Waals surface area contributed by atoms with Crippen LogP contribution in [0.5, 0.6) is 0 Å². The third-order valence-corrected chi connectivity index (χ3v) is 1.91. The van der Waals surface area contributed by atoms with Gasteiger partial charge in [-0.2, -0.15) is 13.2 Å². The van der Waals surface area contributed by atoms with Crippen molar-refractivity contribution in [3.63, 3.8) is 0 Å². The van der Waals surface area contributed by atoms with E-state index in [1.807, 2.05) is 0 Å². The van der Waals surface area contributed by atoms with Gasteiger partial charge in [0, 0.05) is 0 Å². The number of hydrogen-bond donors (Lipinski definition) is 1. The van der Waals surface area contributed by atoms with E-state index in [1.54, 1.807) is 0 Å². The molecule has 0 aromatic heterocycles. The van der Waals surface area contributed by atoms with Crippen LogP contribution in [0.4, 0.5) is 26.3 Å². The third kappa shape index (κ3) is 2.69. The van der Waals surface area contributed by atoms with Crippen LogP contribution in [0, 0.1) is 5.82 Å². The van der Waals surface area contributed by atoms with Gasteiger partial charge in [0.2, 0.25) is 0 Å². The highest BCUT2D eigenvalue weighted by molar-refractivity contribution is 5.90. The summed E-state index contributed by atoms with van der Waals surface area (Å²) in [5.41, 5.74) is -4.59. The zero-order chi connectivity index (χ0) is 13.4. The van der Waals surface area contributed by atoms with E-state index in [1.165, 1.54) is 0 Å². The van der Waals surface area contributed by atoms with E-state index < -0.39 is 41.1 Å². The number of alkyl halides is 5. The fourth-order valence-electron chi connectivity index (χ4n) is 1.17. The van der Waals surface area contributed by atoms with Gasteiger partial charge in [0.25, 0.3) is 6.43 Å². The molecule has 0 saturated carbocycles. The molecule has 2 nitrogen and oxygen atoms in total. The Labute approximate surface area is 90.5 Å². The topological polar surface area (TPSA) is 37.3 Å². The van der Waals surface area contributed by atoms with Gasteiger partial charge in [0.05, 0.1) is 16.7 Å². The number of benzene rings is 1. The van der Waals surface area contributed by atoms with Crippen molar-refractivity contribution in [3.8, 4) is 0 Å². The summed E-state index contributed by atoms with van der Waals surface area (Å²) in [5, 5.41) is 8.46. The van der Waals surface area contributed by atoms with Crippen LogP contribution in [-0.2, 0) is 6.18 Å². The quantitative estimate of drug-likeness (QED) is 0.824. The molecule has 0 fully saturated rings. The standard InChI is InChI=1S/C9H4F6O2/c10-6-2-5(9(13,14)15)3(8(16)17)1-4(6)7(11)12/h1-2,7H,(H,16,17). The van der Waals surface area contributed by atoms with E-state index in [0.717, 1.165) is 0 Å². The first-order chi connectivity index (χ1) is 7.64. The average Bonchev–Trinajstić information content (AvgIpc) is 2.14. The number of carboxylic acid groups (broad SMARTS) is 1. The van der Waals surface area contributed by atoms with Crippen LogP contribution in [-0.4, -0.2) is 11.1 Å². The minimum absolute atomic E-state index is 0.00877. The summed E-state index contributed by atoms with van der Waals surface area (Å²) in [6, 6.07) is -0.254. The van der Waals surface area contributed by atoms with Gasteiger partial charge in [-0.05, 0) is 12.1 Å². The lowest BCUT2D eigenvalue weighted by molar-refractivity contribution is -0.138. The van der Waals surface area contributed by atoms with Gasteiger partial charge in [-0.25, -0.2) is 18.0 Å². The van der Waals surface area contributed by atoms with Gasteiger partial charge in [0.15, 0.2) is 0 Å². The molecular weight excluding hydrogens is 254 g/mol. The van der Waals surface area contributed by atoms with Crippen molar-refractivity contribution < 1.29 is 36.2 Å². The third-order valence-electron chi connectivity index (χ3n) is 1.91. The fourth-order valence-corrected chi connectivity index (χ4v) is 1.17. The van der Waals surface area contributed by atoms with Crippen LogP contribution in [0.15, 0.2) is 12.1 Å². The summed E-state index contributed by atoms with van der Waals surface area (Å²) in [6.45, 7) is 0. The number of rotatable bonds is 2. The largest absolute Gasteiger partial charge is 0.478 e. The van der Waals surface area contributed by atoms with E-state index in [9.17, 15) is 31.1 Å². The molecule has 1 aromatic rings. The van der Waals surface area contributed by atoms with E-state index in [-0.39, 0.29) is 12.1 Å². The molecule has 0 aliphatic carbocycles. The molecule has 0 aliphatic heterocycles. The van der Waals surface area contributed by atoms with E-state index in [2.05, 4.69) is 0 Å². The van der Waals surface area contributed by atoms with Gasteiger partial charge in [0.1, 0.15) is 5.82 Å². The summed E-state index contributed by atoms with van der Waals surface area (Å²) in [5.74, 6) is -3.85. The SMILES string of the molecule is O=C(O)c1cc(C(F)F)c(F)cc1C(F)(F)F. The molecule has 17 heavy (non-hydrogen) atoms. The predicted molar refractivity (Wildman–Crippen MR) is 43.3 cm³/mol. The lowest BCUT2D eigenvalue weighted by Crippen LogP contribution is -2.14. The second-order valence-electron chi connectivity index (χ2n) is 3.02. The average molecular weight is 258 g/mol. The van der Waals surface area contributed by atoms with E-state index in [4.69, 9.17) is 5.11 Å². The zero-order valence-electron chi connectivity index (χ0n) is 7.86. The van der Waals surface area contributed by atoms with Crippen molar-refractivity contribution in [2.75, 3.05) is 0 Å². The molecule has 0 atom stereocenters. The molecule has 0 aliphatic rings. The Hall–Kier alpha value is -1.73. The number of halogens is 6. The molecule has 0 bridgehead atoms. The van der Waals surface area contributed by atoms with Crippen LogP contribution in [0.25, 0.3) is 0 Å². The molecule has 0 heterocycles. The minimum atomic E-state index is -5.13. The van der Waals surface area contributed by atoms with Crippen LogP contribution < -0.4 is 0 Å². The maximum Gasteiger partial charge on any atom is 0.417 e. The molecule has 0 spiro atoms. The van der Waals surface area contributed by atoms with Gasteiger partial charge < -0.3 is 5.11 Å². The molecule has 0 saturated heterocycles. The first kappa shape index (κ1) is 13.3. The predicted octanol–water partition coefficient (Wildman–Crippen LogP) is 3.48. The van der Waals surface area contributed by atoms with E-state index >= 15 is 0 Å². The fraction of sp³-hybridized carbons (Fsp3) is 0.222. The Morgan fingerprint density at radius 1 is 1.24 bits per heavy atom. The minimum Gasteiger partial charge on any atom is -0.478 e. The Balaban J connectivity index is 3.53. The molecule has 1 aromatic carbocycles. The Kier molecular flexibility index (Phi) is 3.35. The van der Waals surface area contributed by atoms with Crippen LogP contribution >= 0.6 is 0 Å². The summed E-state index contributed by atoms with van der Waals surface area (Å²) < 4.78 is 74.2. The van der Waals surface area contributed by atoms with Gasteiger partial charge in [-0.1, -0.05) is 0 Å². The highest BCUT2D eigenvalue weighted by atomic mass is 19.4. The Bertz CT molecular complexity index is 452. The molecule has 0 unspecified atom stereocenters. The summed E-state index contributed by atoms with van der Waals surface area (Å²) in [6.07, 6.45) is -8.52. The smallest absolute Gasteiger partial charge is 0.417 e. The molecule has 0 amide bonds. The molecule has 0 radical (unpaired) electrons. The number of aromatic carboxylic acids is 1. The second-order valence-corrected chi connectivity index (χ2v) is 3.02. The summed E-state index contributed by atoms with van der Waals surface area (Å²) in [4.78, 5) is 10.5. The summed E-state index contributed by atoms with van der Waals surface area (Å²) >= 11 is 0. The number of carbonyl (C=O) groups is 1. The molecule has 1 rings (SSSR count). The monoisotopic (exact) mass is 258 g/mol. The maximum absolute atomic E-state index is 12.9. The number of carboxylic acids is 1. The first-order valence-electron chi connectivity index (χ1n) is 4.06. The molecule has 8 heteroatoms. The Morgan fingerprint density at radius 2 is 1.76 bits per heavy atom. The van der Waals surface area contributed by atoms with Crippen molar-refractivity contribution in [1.29, 1.82) is 0 Å². The Morgan fingerprint density at radius 3 is 2.12 bits per heavy atom. The van der Waals surface area contributed by atoms with Crippen molar-refractivity contribution >= 4 is 5.97 Å². The normalized spacial score (nSPS) is 11.9. The van der Waals surface area contributed by atoms with Gasteiger partial charge >= 0.3 is 12.1 Å². The van der Waals surface area contributed by atoms with Crippen LogP contribution in [0.1, 0.15) is 27.9 Å². The maximum atomic E-state index is 12.9. The summed E-state index contributed by atoms with van der Waals surface area (Å²) in [7, 11) is 0. The lowest BCUT2D eigenvalue weighted by Gasteiger charge is -2.12. The molecular formula is C9H4F6O2. The van der Waals surface area contributed by atoms with Crippen molar-refractivity contribution in [2.45, 2.75) is 12.6 Å². The lowest BCUT2D eigenvalue weighted by atomic mass is 10.0. The zero-order valence-corrected chi connectivity index (χ0v) is 7.86.